The summed E-state index contributed by atoms with van der Waals surface area (Å²) in [5.41, 5.74) is 1.12. The van der Waals surface area contributed by atoms with Gasteiger partial charge in [0.1, 0.15) is 18.4 Å². The van der Waals surface area contributed by atoms with Gasteiger partial charge in [0.2, 0.25) is 0 Å². The third kappa shape index (κ3) is 1.81. The maximum absolute atomic E-state index is 12.3. The molecule has 2 spiro atoms. The maximum atomic E-state index is 12.3. The van der Waals surface area contributed by atoms with Crippen molar-refractivity contribution in [3.8, 4) is 0 Å². The molecule has 5 saturated carbocycles. The standard InChI is InChI=1S/C26H35NO5/c1-6-27-21-16-9-18-24(5)8-7-20(32-23(24)27)26(18,21)19-10-17(30-13(3)28)15-11-25(16,19)22(12(15)2)31-14(4)29/h15-23H,2,6-11H2,1,3-5H3/t15-,16+,17+,18-,19-,20-,21?,22-,23-,24?,25+,26+/m1/s1. The van der Waals surface area contributed by atoms with Crippen LogP contribution in [-0.4, -0.2) is 54.0 Å². The minimum Gasteiger partial charge on any atom is -0.462 e. The Kier molecular flexibility index (Phi) is 3.63. The third-order valence-electron chi connectivity index (χ3n) is 11.5. The first-order chi connectivity index (χ1) is 15.2. The van der Waals surface area contributed by atoms with Crippen molar-refractivity contribution in [2.75, 3.05) is 6.54 Å². The summed E-state index contributed by atoms with van der Waals surface area (Å²) >= 11 is 0. The van der Waals surface area contributed by atoms with Crippen molar-refractivity contribution in [1.82, 2.24) is 4.90 Å². The molecule has 0 aromatic heterocycles. The first-order valence-electron chi connectivity index (χ1n) is 12.7. The van der Waals surface area contributed by atoms with Crippen LogP contribution in [0.1, 0.15) is 59.8 Å². The Labute approximate surface area is 190 Å². The van der Waals surface area contributed by atoms with Gasteiger partial charge in [-0.1, -0.05) is 20.4 Å². The van der Waals surface area contributed by atoms with Crippen LogP contribution >= 0.6 is 0 Å². The number of esters is 2. The van der Waals surface area contributed by atoms with Crippen molar-refractivity contribution in [2.45, 2.75) is 90.4 Å². The number of ether oxygens (including phenoxy) is 3. The Hall–Kier alpha value is -1.40. The highest BCUT2D eigenvalue weighted by molar-refractivity contribution is 5.67. The van der Waals surface area contributed by atoms with Gasteiger partial charge < -0.3 is 14.2 Å². The van der Waals surface area contributed by atoms with Gasteiger partial charge in [-0.2, -0.15) is 0 Å². The molecular weight excluding hydrogens is 406 g/mol. The minimum absolute atomic E-state index is 0.0643. The van der Waals surface area contributed by atoms with Crippen LogP contribution < -0.4 is 0 Å². The average molecular weight is 442 g/mol. The molecule has 0 N–H and O–H groups in total. The Morgan fingerprint density at radius 2 is 1.94 bits per heavy atom. The Bertz CT molecular complexity index is 949. The lowest BCUT2D eigenvalue weighted by Crippen LogP contribution is -2.78. The monoisotopic (exact) mass is 441 g/mol. The highest BCUT2D eigenvalue weighted by atomic mass is 16.6. The summed E-state index contributed by atoms with van der Waals surface area (Å²) < 4.78 is 19.0. The second-order valence-corrected chi connectivity index (χ2v) is 12.1. The zero-order valence-corrected chi connectivity index (χ0v) is 19.6. The van der Waals surface area contributed by atoms with Gasteiger partial charge in [-0.3, -0.25) is 14.5 Å². The number of rotatable bonds is 3. The zero-order valence-electron chi connectivity index (χ0n) is 19.6. The first-order valence-corrected chi connectivity index (χ1v) is 12.7. The molecule has 6 nitrogen and oxygen atoms in total. The first kappa shape index (κ1) is 20.0. The average Bonchev–Trinajstić information content (AvgIpc) is 3.28. The van der Waals surface area contributed by atoms with E-state index in [1.54, 1.807) is 0 Å². The normalized spacial score (nSPS) is 58.2. The third-order valence-corrected chi connectivity index (χ3v) is 11.5. The van der Waals surface area contributed by atoms with Gasteiger partial charge in [0.05, 0.1) is 6.10 Å². The van der Waals surface area contributed by atoms with Gasteiger partial charge in [-0.25, -0.2) is 0 Å². The van der Waals surface area contributed by atoms with Crippen LogP contribution in [0.3, 0.4) is 0 Å². The maximum Gasteiger partial charge on any atom is 0.303 e. The summed E-state index contributed by atoms with van der Waals surface area (Å²) in [6, 6.07) is 0.473. The molecule has 12 atom stereocenters. The van der Waals surface area contributed by atoms with Crippen LogP contribution in [-0.2, 0) is 23.8 Å². The fourth-order valence-electron chi connectivity index (χ4n) is 11.2. The SMILES string of the molecule is C=C1[C@H]2C[C@@]3([C@@H]1OC(C)=O)[C@@H](C[C@@H]2OC(C)=O)[C@@]12C4[C@@H]3C[C@@H]1C1(C)CC[C@H]2O[C@H]1N4CC. The number of hydrogen-bond acceptors (Lipinski definition) is 6. The Morgan fingerprint density at radius 3 is 2.62 bits per heavy atom. The lowest BCUT2D eigenvalue weighted by molar-refractivity contribution is -0.372. The molecule has 0 amide bonds. The molecular formula is C26H35NO5. The van der Waals surface area contributed by atoms with Gasteiger partial charge in [0.25, 0.3) is 0 Å². The fraction of sp³-hybridized carbons (Fsp3) is 0.846. The Morgan fingerprint density at radius 1 is 1.19 bits per heavy atom. The van der Waals surface area contributed by atoms with E-state index >= 15 is 0 Å². The van der Waals surface area contributed by atoms with E-state index in [2.05, 4.69) is 25.3 Å². The molecule has 4 aliphatic heterocycles. The molecule has 174 valence electrons. The summed E-state index contributed by atoms with van der Waals surface area (Å²) in [5, 5.41) is 0. The van der Waals surface area contributed by atoms with Crippen LogP contribution in [0.5, 0.6) is 0 Å². The molecule has 0 aromatic carbocycles. The summed E-state index contributed by atoms with van der Waals surface area (Å²) in [6.45, 7) is 13.2. The van der Waals surface area contributed by atoms with E-state index < -0.39 is 0 Å². The number of hydrogen-bond donors (Lipinski definition) is 0. The Balaban J connectivity index is 1.44. The van der Waals surface area contributed by atoms with Gasteiger partial charge in [-0.15, -0.1) is 0 Å². The predicted molar refractivity (Wildman–Crippen MR) is 115 cm³/mol. The zero-order chi connectivity index (χ0) is 22.4. The van der Waals surface area contributed by atoms with E-state index in [0.717, 1.165) is 31.4 Å². The van der Waals surface area contributed by atoms with Gasteiger partial charge in [0.15, 0.2) is 0 Å². The molecule has 4 heterocycles. The minimum atomic E-state index is -0.273. The van der Waals surface area contributed by atoms with Crippen molar-refractivity contribution < 1.29 is 23.8 Å². The fourth-order valence-corrected chi connectivity index (χ4v) is 11.2. The molecule has 9 rings (SSSR count). The smallest absolute Gasteiger partial charge is 0.303 e. The molecule has 0 radical (unpaired) electrons. The molecule has 9 aliphatic rings. The summed E-state index contributed by atoms with van der Waals surface area (Å²) in [7, 11) is 0. The quantitative estimate of drug-likeness (QED) is 0.495. The lowest BCUT2D eigenvalue weighted by atomic mass is 9.41. The van der Waals surface area contributed by atoms with E-state index in [9.17, 15) is 9.59 Å². The lowest BCUT2D eigenvalue weighted by Gasteiger charge is -2.73. The number of fused-ring (bicyclic) bond motifs is 2. The van der Waals surface area contributed by atoms with E-state index in [1.165, 1.54) is 26.7 Å². The topological polar surface area (TPSA) is 65.1 Å². The van der Waals surface area contributed by atoms with Crippen molar-refractivity contribution >= 4 is 11.9 Å². The van der Waals surface area contributed by atoms with Crippen LogP contribution in [0.25, 0.3) is 0 Å². The second kappa shape index (κ2) is 5.80. The van der Waals surface area contributed by atoms with E-state index in [1.807, 2.05) is 0 Å². The number of nitrogens with zero attached hydrogens (tertiary/aromatic N) is 1. The molecule has 4 saturated heterocycles. The molecule has 32 heavy (non-hydrogen) atoms. The number of carbonyl (C=O) groups is 2. The highest BCUT2D eigenvalue weighted by Gasteiger charge is 2.89. The van der Waals surface area contributed by atoms with Gasteiger partial charge in [-0.05, 0) is 62.0 Å². The van der Waals surface area contributed by atoms with Gasteiger partial charge >= 0.3 is 11.9 Å². The van der Waals surface area contributed by atoms with Gasteiger partial charge in [0, 0.05) is 42.1 Å². The number of carbonyl (C=O) groups excluding carboxylic acids is 2. The highest BCUT2D eigenvalue weighted by Crippen LogP contribution is 2.86. The van der Waals surface area contributed by atoms with Crippen molar-refractivity contribution in [3.05, 3.63) is 12.2 Å². The predicted octanol–water partition coefficient (Wildman–Crippen LogP) is 3.30. The molecule has 5 aliphatic carbocycles. The van der Waals surface area contributed by atoms with Crippen LogP contribution in [0.4, 0.5) is 0 Å². The molecule has 9 fully saturated rings. The van der Waals surface area contributed by atoms with Crippen LogP contribution in [0.15, 0.2) is 12.2 Å². The molecule has 6 heteroatoms. The molecule has 0 aromatic rings. The number of piperidine rings is 1. The molecule has 9 bridgehead atoms. The summed E-state index contributed by atoms with van der Waals surface area (Å²) in [5.74, 6) is 1.07. The second-order valence-electron chi connectivity index (χ2n) is 12.1. The summed E-state index contributed by atoms with van der Waals surface area (Å²) in [4.78, 5) is 27.0. The molecule has 2 unspecified atom stereocenters. The van der Waals surface area contributed by atoms with Crippen LogP contribution in [0, 0.1) is 39.9 Å². The van der Waals surface area contributed by atoms with E-state index in [-0.39, 0.29) is 58.6 Å². The van der Waals surface area contributed by atoms with E-state index in [4.69, 9.17) is 14.2 Å². The largest absolute Gasteiger partial charge is 0.462 e. The van der Waals surface area contributed by atoms with Crippen molar-refractivity contribution in [3.63, 3.8) is 0 Å². The van der Waals surface area contributed by atoms with Crippen molar-refractivity contribution in [2.24, 2.45) is 39.9 Å². The van der Waals surface area contributed by atoms with Crippen molar-refractivity contribution in [1.29, 1.82) is 0 Å². The van der Waals surface area contributed by atoms with Crippen LogP contribution in [0.2, 0.25) is 0 Å². The van der Waals surface area contributed by atoms with E-state index in [0.29, 0.717) is 23.8 Å². The summed E-state index contributed by atoms with van der Waals surface area (Å²) in [6.07, 6.45) is 5.37.